The van der Waals surface area contributed by atoms with E-state index in [1.54, 1.807) is 11.3 Å². The van der Waals surface area contributed by atoms with Crippen molar-refractivity contribution in [2.24, 2.45) is 11.7 Å². The van der Waals surface area contributed by atoms with E-state index in [9.17, 15) is 0 Å². The molecule has 15 heavy (non-hydrogen) atoms. The summed E-state index contributed by atoms with van der Waals surface area (Å²) in [5.74, 6) is 0.726. The maximum atomic E-state index is 5.85. The molecule has 2 rings (SSSR count). The third-order valence-corrected chi connectivity index (χ3v) is 4.06. The zero-order valence-corrected chi connectivity index (χ0v) is 10.0. The predicted molar refractivity (Wildman–Crippen MR) is 63.8 cm³/mol. The van der Waals surface area contributed by atoms with Gasteiger partial charge in [0.25, 0.3) is 0 Å². The molecule has 1 aliphatic rings. The van der Waals surface area contributed by atoms with Crippen molar-refractivity contribution in [2.75, 3.05) is 13.1 Å². The molecule has 0 saturated carbocycles. The van der Waals surface area contributed by atoms with Gasteiger partial charge in [-0.3, -0.25) is 4.90 Å². The number of piperidine rings is 1. The van der Waals surface area contributed by atoms with Gasteiger partial charge >= 0.3 is 0 Å². The highest BCUT2D eigenvalue weighted by Crippen LogP contribution is 2.24. The molecule has 0 amide bonds. The first-order valence-electron chi connectivity index (χ1n) is 5.63. The minimum atomic E-state index is 0.544. The maximum absolute atomic E-state index is 5.85. The van der Waals surface area contributed by atoms with Crippen LogP contribution in [0, 0.1) is 5.92 Å². The first kappa shape index (κ1) is 11.0. The third kappa shape index (κ3) is 2.56. The number of nitrogens with two attached hydrogens (primary N) is 1. The molecule has 84 valence electrons. The summed E-state index contributed by atoms with van der Waals surface area (Å²) in [6.07, 6.45) is 4.49. The van der Waals surface area contributed by atoms with E-state index in [4.69, 9.17) is 5.73 Å². The average Bonchev–Trinajstić information content (AvgIpc) is 2.71. The van der Waals surface area contributed by atoms with Gasteiger partial charge in [-0.25, -0.2) is 4.98 Å². The van der Waals surface area contributed by atoms with Gasteiger partial charge in [-0.05, 0) is 25.3 Å². The van der Waals surface area contributed by atoms with Gasteiger partial charge in [0.1, 0.15) is 5.01 Å². The number of thiazole rings is 1. The van der Waals surface area contributed by atoms with Crippen molar-refractivity contribution in [1.29, 1.82) is 0 Å². The fraction of sp³-hybridized carbons (Fsp3) is 0.727. The van der Waals surface area contributed by atoms with Crippen LogP contribution in [0.1, 0.15) is 24.8 Å². The Kier molecular flexibility index (Phi) is 3.72. The summed E-state index contributed by atoms with van der Waals surface area (Å²) in [6, 6.07) is 0.544. The first-order chi connectivity index (χ1) is 7.31. The largest absolute Gasteiger partial charge is 0.329 e. The van der Waals surface area contributed by atoms with Crippen LogP contribution in [-0.4, -0.2) is 29.0 Å². The number of likely N-dealkylation sites (tertiary alicyclic amines) is 1. The van der Waals surface area contributed by atoms with Gasteiger partial charge in [-0.1, -0.05) is 6.92 Å². The number of nitrogens with zero attached hydrogens (tertiary/aromatic N) is 2. The van der Waals surface area contributed by atoms with Crippen LogP contribution in [0.3, 0.4) is 0 Å². The summed E-state index contributed by atoms with van der Waals surface area (Å²) in [7, 11) is 0. The van der Waals surface area contributed by atoms with Crippen LogP contribution in [0.4, 0.5) is 0 Å². The topological polar surface area (TPSA) is 42.2 Å². The van der Waals surface area contributed by atoms with E-state index in [1.807, 2.05) is 11.6 Å². The van der Waals surface area contributed by atoms with E-state index >= 15 is 0 Å². The molecule has 0 aliphatic carbocycles. The van der Waals surface area contributed by atoms with Gasteiger partial charge in [0.05, 0.1) is 6.54 Å². The molecule has 1 aliphatic heterocycles. The highest BCUT2D eigenvalue weighted by atomic mass is 32.1. The van der Waals surface area contributed by atoms with E-state index in [2.05, 4.69) is 16.8 Å². The molecular weight excluding hydrogens is 206 g/mol. The van der Waals surface area contributed by atoms with Crippen molar-refractivity contribution >= 4 is 11.3 Å². The lowest BCUT2D eigenvalue weighted by Gasteiger charge is -2.38. The highest BCUT2D eigenvalue weighted by Gasteiger charge is 2.27. The summed E-state index contributed by atoms with van der Waals surface area (Å²) in [5, 5.41) is 3.25. The van der Waals surface area contributed by atoms with Crippen molar-refractivity contribution in [3.05, 3.63) is 16.6 Å². The lowest BCUT2D eigenvalue weighted by Crippen LogP contribution is -2.47. The summed E-state index contributed by atoms with van der Waals surface area (Å²) in [4.78, 5) is 6.83. The summed E-state index contributed by atoms with van der Waals surface area (Å²) < 4.78 is 0. The van der Waals surface area contributed by atoms with Gasteiger partial charge in [-0.2, -0.15) is 0 Å². The molecule has 2 N–H and O–H groups in total. The van der Waals surface area contributed by atoms with Crippen molar-refractivity contribution in [2.45, 2.75) is 32.4 Å². The van der Waals surface area contributed by atoms with E-state index in [1.165, 1.54) is 24.4 Å². The molecule has 2 atom stereocenters. The summed E-state index contributed by atoms with van der Waals surface area (Å²) >= 11 is 1.74. The van der Waals surface area contributed by atoms with Crippen LogP contribution in [-0.2, 0) is 6.54 Å². The van der Waals surface area contributed by atoms with Crippen LogP contribution in [0.25, 0.3) is 0 Å². The Labute approximate surface area is 95.3 Å². The Hall–Kier alpha value is -0.450. The Bertz CT molecular complexity index is 286. The molecule has 1 aromatic rings. The Morgan fingerprint density at radius 1 is 1.67 bits per heavy atom. The molecule has 1 saturated heterocycles. The summed E-state index contributed by atoms with van der Waals surface area (Å²) in [6.45, 7) is 5.23. The average molecular weight is 225 g/mol. The molecule has 3 nitrogen and oxygen atoms in total. The quantitative estimate of drug-likeness (QED) is 0.851. The van der Waals surface area contributed by atoms with Crippen molar-refractivity contribution in [1.82, 2.24) is 9.88 Å². The van der Waals surface area contributed by atoms with Crippen LogP contribution >= 0.6 is 11.3 Å². The van der Waals surface area contributed by atoms with Crippen LogP contribution in [0.5, 0.6) is 0 Å². The van der Waals surface area contributed by atoms with Crippen molar-refractivity contribution in [3.63, 3.8) is 0 Å². The van der Waals surface area contributed by atoms with Crippen molar-refractivity contribution < 1.29 is 0 Å². The van der Waals surface area contributed by atoms with Gasteiger partial charge in [0, 0.05) is 24.2 Å². The lowest BCUT2D eigenvalue weighted by molar-refractivity contribution is 0.0990. The molecule has 0 aromatic carbocycles. The lowest BCUT2D eigenvalue weighted by atomic mass is 9.91. The van der Waals surface area contributed by atoms with Gasteiger partial charge in [-0.15, -0.1) is 11.3 Å². The molecule has 2 unspecified atom stereocenters. The second kappa shape index (κ2) is 5.05. The number of aromatic nitrogens is 1. The standard InChI is InChI=1S/C11H19N3S/c1-9-3-2-5-14(10(9)7-12)8-11-13-4-6-15-11/h4,6,9-10H,2-3,5,7-8,12H2,1H3. The second-order valence-electron chi connectivity index (χ2n) is 4.32. The SMILES string of the molecule is CC1CCCN(Cc2nccs2)C1CN. The molecule has 2 heterocycles. The van der Waals surface area contributed by atoms with Crippen LogP contribution in [0.15, 0.2) is 11.6 Å². The molecule has 1 aromatic heterocycles. The Morgan fingerprint density at radius 2 is 2.53 bits per heavy atom. The fourth-order valence-electron chi connectivity index (χ4n) is 2.42. The normalized spacial score (nSPS) is 28.1. The Morgan fingerprint density at radius 3 is 3.20 bits per heavy atom. The monoisotopic (exact) mass is 225 g/mol. The zero-order chi connectivity index (χ0) is 10.7. The molecular formula is C11H19N3S. The molecule has 0 spiro atoms. The fourth-order valence-corrected chi connectivity index (χ4v) is 3.06. The number of rotatable bonds is 3. The molecule has 0 radical (unpaired) electrons. The van der Waals surface area contributed by atoms with E-state index < -0.39 is 0 Å². The zero-order valence-electron chi connectivity index (χ0n) is 9.22. The number of hydrogen-bond acceptors (Lipinski definition) is 4. The predicted octanol–water partition coefficient (Wildman–Crippen LogP) is 1.70. The van der Waals surface area contributed by atoms with Gasteiger partial charge < -0.3 is 5.73 Å². The Balaban J connectivity index is 2.00. The van der Waals surface area contributed by atoms with Gasteiger partial charge in [0.2, 0.25) is 0 Å². The van der Waals surface area contributed by atoms with E-state index in [0.717, 1.165) is 19.0 Å². The smallest absolute Gasteiger partial charge is 0.107 e. The van der Waals surface area contributed by atoms with Crippen LogP contribution < -0.4 is 5.73 Å². The minimum Gasteiger partial charge on any atom is -0.329 e. The molecule has 1 fully saturated rings. The van der Waals surface area contributed by atoms with Crippen molar-refractivity contribution in [3.8, 4) is 0 Å². The first-order valence-corrected chi connectivity index (χ1v) is 6.51. The molecule has 0 bridgehead atoms. The second-order valence-corrected chi connectivity index (χ2v) is 5.30. The molecule has 4 heteroatoms. The van der Waals surface area contributed by atoms with E-state index in [-0.39, 0.29) is 0 Å². The third-order valence-electron chi connectivity index (χ3n) is 3.29. The van der Waals surface area contributed by atoms with Gasteiger partial charge in [0.15, 0.2) is 0 Å². The van der Waals surface area contributed by atoms with E-state index in [0.29, 0.717) is 6.04 Å². The summed E-state index contributed by atoms with van der Waals surface area (Å²) in [5.41, 5.74) is 5.85. The highest BCUT2D eigenvalue weighted by molar-refractivity contribution is 7.09. The maximum Gasteiger partial charge on any atom is 0.107 e. The number of hydrogen-bond donors (Lipinski definition) is 1. The minimum absolute atomic E-state index is 0.544. The van der Waals surface area contributed by atoms with Crippen LogP contribution in [0.2, 0.25) is 0 Å².